The van der Waals surface area contributed by atoms with Crippen LogP contribution in [0.4, 0.5) is 11.4 Å². The second kappa shape index (κ2) is 9.24. The van der Waals surface area contributed by atoms with Crippen molar-refractivity contribution in [3.05, 3.63) is 150 Å². The van der Waals surface area contributed by atoms with Crippen LogP contribution in [0.25, 0.3) is 22.3 Å². The fourth-order valence-electron chi connectivity index (χ4n) is 7.29. The van der Waals surface area contributed by atoms with Gasteiger partial charge in [-0.2, -0.15) is 0 Å². The van der Waals surface area contributed by atoms with Crippen LogP contribution in [0, 0.1) is 0 Å². The first kappa shape index (κ1) is 24.3. The summed E-state index contributed by atoms with van der Waals surface area (Å²) in [6.45, 7) is 4.72. The molecule has 1 heterocycles. The standard InChI is InChI=1S/C39H33NO/c1-39(2)35-14-8-6-12-31(35)32-22-20-29(24-36(32)39)40(28-18-16-27(17-19-28)26-10-4-3-5-11-26)30-21-23-34-33-13-7-9-15-37(33)41-38(34)25-30/h3-20,22,24-25,30,34H,21,23H2,1-2H3. The molecule has 2 unspecified atom stereocenters. The molecule has 0 spiro atoms. The summed E-state index contributed by atoms with van der Waals surface area (Å²) in [5, 5.41) is 0. The Morgan fingerprint density at radius 2 is 1.32 bits per heavy atom. The molecule has 2 aliphatic carbocycles. The number of rotatable bonds is 4. The summed E-state index contributed by atoms with van der Waals surface area (Å²) >= 11 is 0. The Labute approximate surface area is 242 Å². The molecule has 3 aliphatic rings. The average Bonchev–Trinajstić information content (AvgIpc) is 3.50. The van der Waals surface area contributed by atoms with Crippen molar-refractivity contribution < 1.29 is 4.74 Å². The Hall–Kier alpha value is -4.56. The highest BCUT2D eigenvalue weighted by molar-refractivity contribution is 5.83. The van der Waals surface area contributed by atoms with Gasteiger partial charge in [0.1, 0.15) is 11.5 Å². The van der Waals surface area contributed by atoms with Gasteiger partial charge in [-0.1, -0.05) is 105 Å². The normalized spacial score (nSPS) is 19.3. The van der Waals surface area contributed by atoms with Crippen LogP contribution in [0.3, 0.4) is 0 Å². The first-order valence-electron chi connectivity index (χ1n) is 14.8. The highest BCUT2D eigenvalue weighted by Gasteiger charge is 2.38. The van der Waals surface area contributed by atoms with E-state index in [1.54, 1.807) is 0 Å². The Kier molecular flexibility index (Phi) is 5.47. The van der Waals surface area contributed by atoms with E-state index in [9.17, 15) is 0 Å². The van der Waals surface area contributed by atoms with Crippen LogP contribution in [0.15, 0.2) is 133 Å². The van der Waals surface area contributed by atoms with E-state index in [-0.39, 0.29) is 11.5 Å². The second-order valence-corrected chi connectivity index (χ2v) is 12.1. The Balaban J connectivity index is 1.23. The van der Waals surface area contributed by atoms with E-state index in [1.165, 1.54) is 50.3 Å². The predicted molar refractivity (Wildman–Crippen MR) is 169 cm³/mol. The summed E-state index contributed by atoms with van der Waals surface area (Å²) < 4.78 is 6.42. The maximum absolute atomic E-state index is 6.42. The van der Waals surface area contributed by atoms with Gasteiger partial charge in [0.15, 0.2) is 0 Å². The number of fused-ring (bicyclic) bond motifs is 6. The zero-order valence-corrected chi connectivity index (χ0v) is 23.5. The number of ether oxygens (including phenoxy) is 1. The molecule has 0 aromatic heterocycles. The van der Waals surface area contributed by atoms with Crippen LogP contribution < -0.4 is 9.64 Å². The van der Waals surface area contributed by atoms with Crippen LogP contribution in [-0.4, -0.2) is 6.04 Å². The van der Waals surface area contributed by atoms with Crippen molar-refractivity contribution in [2.24, 2.45) is 0 Å². The summed E-state index contributed by atoms with van der Waals surface area (Å²) in [5.74, 6) is 2.47. The van der Waals surface area contributed by atoms with Gasteiger partial charge in [-0.15, -0.1) is 0 Å². The molecule has 41 heavy (non-hydrogen) atoms. The number of hydrogen-bond donors (Lipinski definition) is 0. The lowest BCUT2D eigenvalue weighted by atomic mass is 9.82. The van der Waals surface area contributed by atoms with Crippen LogP contribution in [-0.2, 0) is 5.41 Å². The lowest BCUT2D eigenvalue weighted by molar-refractivity contribution is 0.394. The Morgan fingerprint density at radius 1 is 0.634 bits per heavy atom. The third-order valence-corrected chi connectivity index (χ3v) is 9.40. The molecule has 200 valence electrons. The Bertz CT molecular complexity index is 1800. The number of benzene rings is 5. The minimum absolute atomic E-state index is 0.0445. The molecular formula is C39H33NO. The SMILES string of the molecule is CC1(C)c2ccccc2-c2ccc(N(c3ccc(-c4ccccc4)cc3)C3C=C4Oc5ccccc5C4CC3)cc21. The van der Waals surface area contributed by atoms with Crippen LogP contribution in [0.2, 0.25) is 0 Å². The smallest absolute Gasteiger partial charge is 0.130 e. The Morgan fingerprint density at radius 3 is 2.17 bits per heavy atom. The zero-order valence-electron chi connectivity index (χ0n) is 23.5. The number of hydrogen-bond acceptors (Lipinski definition) is 2. The minimum atomic E-state index is -0.0445. The van der Waals surface area contributed by atoms with Crippen molar-refractivity contribution in [1.82, 2.24) is 0 Å². The molecule has 0 fully saturated rings. The topological polar surface area (TPSA) is 12.5 Å². The van der Waals surface area contributed by atoms with Gasteiger partial charge < -0.3 is 9.64 Å². The predicted octanol–water partition coefficient (Wildman–Crippen LogP) is 10.0. The highest BCUT2D eigenvalue weighted by atomic mass is 16.5. The van der Waals surface area contributed by atoms with Gasteiger partial charge in [0.25, 0.3) is 0 Å². The van der Waals surface area contributed by atoms with E-state index >= 15 is 0 Å². The van der Waals surface area contributed by atoms with Gasteiger partial charge in [-0.05, 0) is 82.6 Å². The molecule has 0 amide bonds. The molecule has 8 rings (SSSR count). The van der Waals surface area contributed by atoms with Crippen LogP contribution >= 0.6 is 0 Å². The lowest BCUT2D eigenvalue weighted by Crippen LogP contribution is -2.33. The van der Waals surface area contributed by atoms with Crippen LogP contribution in [0.5, 0.6) is 5.75 Å². The lowest BCUT2D eigenvalue weighted by Gasteiger charge is -2.36. The maximum atomic E-state index is 6.42. The zero-order chi connectivity index (χ0) is 27.6. The molecule has 0 saturated heterocycles. The summed E-state index contributed by atoms with van der Waals surface area (Å²) in [4.78, 5) is 2.53. The third-order valence-electron chi connectivity index (χ3n) is 9.40. The van der Waals surface area contributed by atoms with Crippen LogP contribution in [0.1, 0.15) is 49.3 Å². The molecule has 0 N–H and O–H groups in total. The van der Waals surface area contributed by atoms with E-state index in [1.807, 2.05) is 0 Å². The molecule has 2 heteroatoms. The fourth-order valence-corrected chi connectivity index (χ4v) is 7.29. The van der Waals surface area contributed by atoms with Crippen molar-refractivity contribution in [2.75, 3.05) is 4.90 Å². The van der Waals surface area contributed by atoms with E-state index < -0.39 is 0 Å². The molecular weight excluding hydrogens is 498 g/mol. The number of allylic oxidation sites excluding steroid dienone is 1. The highest BCUT2D eigenvalue weighted by Crippen LogP contribution is 2.51. The molecule has 0 saturated carbocycles. The summed E-state index contributed by atoms with van der Waals surface area (Å²) in [6, 6.07) is 44.4. The molecule has 5 aromatic rings. The quantitative estimate of drug-likeness (QED) is 0.229. The van der Waals surface area contributed by atoms with Gasteiger partial charge in [0, 0.05) is 28.3 Å². The monoisotopic (exact) mass is 531 g/mol. The fraction of sp³-hybridized carbons (Fsp3) is 0.179. The van der Waals surface area contributed by atoms with Gasteiger partial charge >= 0.3 is 0 Å². The molecule has 0 bridgehead atoms. The number of anilines is 2. The summed E-state index contributed by atoms with van der Waals surface area (Å²) in [6.07, 6.45) is 4.52. The van der Waals surface area contributed by atoms with Gasteiger partial charge in [0.05, 0.1) is 6.04 Å². The van der Waals surface area contributed by atoms with Crippen molar-refractivity contribution in [2.45, 2.75) is 44.1 Å². The number of nitrogens with zero attached hydrogens (tertiary/aromatic N) is 1. The van der Waals surface area contributed by atoms with Gasteiger partial charge in [-0.3, -0.25) is 0 Å². The summed E-state index contributed by atoms with van der Waals surface area (Å²) in [5.41, 5.74) is 11.7. The van der Waals surface area contributed by atoms with Gasteiger partial charge in [0.2, 0.25) is 0 Å². The van der Waals surface area contributed by atoms with Crippen molar-refractivity contribution >= 4 is 11.4 Å². The van der Waals surface area contributed by atoms with E-state index in [2.05, 4.69) is 146 Å². The molecule has 2 atom stereocenters. The molecule has 1 aliphatic heterocycles. The maximum Gasteiger partial charge on any atom is 0.130 e. The van der Waals surface area contributed by atoms with Crippen molar-refractivity contribution in [3.8, 4) is 28.0 Å². The van der Waals surface area contributed by atoms with E-state index in [0.29, 0.717) is 5.92 Å². The summed E-state index contributed by atoms with van der Waals surface area (Å²) in [7, 11) is 0. The minimum Gasteiger partial charge on any atom is -0.461 e. The number of para-hydroxylation sites is 1. The molecule has 5 aromatic carbocycles. The van der Waals surface area contributed by atoms with Gasteiger partial charge in [-0.25, -0.2) is 0 Å². The van der Waals surface area contributed by atoms with Crippen molar-refractivity contribution in [1.29, 1.82) is 0 Å². The third kappa shape index (κ3) is 3.85. The molecule has 2 nitrogen and oxygen atoms in total. The second-order valence-electron chi connectivity index (χ2n) is 12.1. The van der Waals surface area contributed by atoms with E-state index in [0.717, 1.165) is 24.4 Å². The van der Waals surface area contributed by atoms with E-state index in [4.69, 9.17) is 4.74 Å². The largest absolute Gasteiger partial charge is 0.461 e. The molecule has 0 radical (unpaired) electrons. The van der Waals surface area contributed by atoms with Crippen molar-refractivity contribution in [3.63, 3.8) is 0 Å². The first-order chi connectivity index (χ1) is 20.1. The first-order valence-corrected chi connectivity index (χ1v) is 14.8. The average molecular weight is 532 g/mol.